The molecular formula is C26H21N7O3S. The molecule has 0 spiro atoms. The van der Waals surface area contributed by atoms with Crippen molar-refractivity contribution in [3.63, 3.8) is 0 Å². The molecule has 0 saturated carbocycles. The van der Waals surface area contributed by atoms with Gasteiger partial charge in [-0.3, -0.25) is 10.2 Å². The first-order valence-electron chi connectivity index (χ1n) is 11.2. The van der Waals surface area contributed by atoms with Gasteiger partial charge in [-0.15, -0.1) is 9.93 Å². The molecule has 11 heteroatoms. The van der Waals surface area contributed by atoms with Gasteiger partial charge in [0.25, 0.3) is 15.9 Å². The molecule has 0 bridgehead atoms. The molecule has 0 unspecified atom stereocenters. The van der Waals surface area contributed by atoms with E-state index < -0.39 is 15.9 Å². The monoisotopic (exact) mass is 511 g/mol. The summed E-state index contributed by atoms with van der Waals surface area (Å²) in [4.78, 5) is 23.6. The smallest absolute Gasteiger partial charge is 0.266 e. The maximum Gasteiger partial charge on any atom is 0.266 e. The van der Waals surface area contributed by atoms with Crippen LogP contribution in [0.5, 0.6) is 0 Å². The van der Waals surface area contributed by atoms with Crippen LogP contribution in [0.15, 0.2) is 114 Å². The third-order valence-electron chi connectivity index (χ3n) is 5.26. The molecule has 0 fully saturated rings. The van der Waals surface area contributed by atoms with E-state index in [4.69, 9.17) is 0 Å². The predicted octanol–water partition coefficient (Wildman–Crippen LogP) is 3.70. The van der Waals surface area contributed by atoms with Crippen LogP contribution in [0.25, 0.3) is 17.2 Å². The summed E-state index contributed by atoms with van der Waals surface area (Å²) in [5.74, 6) is 0.975. The number of nitrogens with one attached hydrogen (secondary N) is 3. The third kappa shape index (κ3) is 5.53. The molecule has 3 aromatic carbocycles. The van der Waals surface area contributed by atoms with E-state index in [1.165, 1.54) is 12.1 Å². The summed E-state index contributed by atoms with van der Waals surface area (Å²) in [5.41, 5.74) is 4.00. The fourth-order valence-electron chi connectivity index (χ4n) is 3.46. The first-order valence-corrected chi connectivity index (χ1v) is 12.7. The normalized spacial score (nSPS) is 11.1. The van der Waals surface area contributed by atoms with Gasteiger partial charge in [0.05, 0.1) is 4.90 Å². The molecule has 37 heavy (non-hydrogen) atoms. The summed E-state index contributed by atoms with van der Waals surface area (Å²) in [5, 5.41) is 7.70. The second-order valence-corrected chi connectivity index (χ2v) is 9.48. The molecule has 0 aliphatic carbocycles. The number of pyridine rings is 1. The van der Waals surface area contributed by atoms with Crippen molar-refractivity contribution in [2.75, 3.05) is 5.32 Å². The van der Waals surface area contributed by atoms with E-state index in [0.717, 1.165) is 5.56 Å². The lowest BCUT2D eigenvalue weighted by Crippen LogP contribution is -2.41. The SMILES string of the molecule is O=C(NNS(=O)(=O)c1ccccc1)c1ccc(Nc2nc(-c3ccccc3)n(-c3ccccn3)n2)cc1. The minimum atomic E-state index is -3.88. The molecule has 5 rings (SSSR count). The van der Waals surface area contributed by atoms with Crippen molar-refractivity contribution in [3.05, 3.63) is 115 Å². The number of rotatable bonds is 8. The highest BCUT2D eigenvalue weighted by Gasteiger charge is 2.16. The van der Waals surface area contributed by atoms with Crippen LogP contribution in [0.1, 0.15) is 10.4 Å². The van der Waals surface area contributed by atoms with Crippen LogP contribution < -0.4 is 15.6 Å². The van der Waals surface area contributed by atoms with Gasteiger partial charge >= 0.3 is 0 Å². The Balaban J connectivity index is 1.31. The summed E-state index contributed by atoms with van der Waals surface area (Å²) < 4.78 is 26.3. The Morgan fingerprint density at radius 2 is 1.46 bits per heavy atom. The number of sulfonamides is 1. The Bertz CT molecular complexity index is 1550. The number of amides is 1. The van der Waals surface area contributed by atoms with Gasteiger partial charge in [0.1, 0.15) is 0 Å². The molecule has 0 aliphatic heterocycles. The third-order valence-corrected chi connectivity index (χ3v) is 6.52. The molecule has 0 aliphatic rings. The van der Waals surface area contributed by atoms with Crippen molar-refractivity contribution >= 4 is 27.6 Å². The lowest BCUT2D eigenvalue weighted by atomic mass is 10.2. The van der Waals surface area contributed by atoms with Crippen LogP contribution in [-0.2, 0) is 10.0 Å². The highest BCUT2D eigenvalue weighted by atomic mass is 32.2. The Kier molecular flexibility index (Phi) is 6.70. The number of hydrogen-bond donors (Lipinski definition) is 3. The first kappa shape index (κ1) is 23.9. The van der Waals surface area contributed by atoms with E-state index in [-0.39, 0.29) is 10.5 Å². The Morgan fingerprint density at radius 1 is 0.784 bits per heavy atom. The maximum absolute atomic E-state index is 12.5. The molecule has 0 saturated heterocycles. The van der Waals surface area contributed by atoms with Gasteiger partial charge in [0, 0.05) is 23.0 Å². The Labute approximate surface area is 213 Å². The van der Waals surface area contributed by atoms with Crippen LogP contribution >= 0.6 is 0 Å². The van der Waals surface area contributed by atoms with Crippen molar-refractivity contribution in [2.24, 2.45) is 0 Å². The molecule has 0 atom stereocenters. The molecule has 5 aromatic rings. The van der Waals surface area contributed by atoms with E-state index in [1.54, 1.807) is 53.3 Å². The average Bonchev–Trinajstić information content (AvgIpc) is 3.37. The molecule has 0 radical (unpaired) electrons. The number of carbonyl (C=O) groups is 1. The Hall–Kier alpha value is -4.87. The average molecular weight is 512 g/mol. The maximum atomic E-state index is 12.5. The van der Waals surface area contributed by atoms with Crippen LogP contribution in [0, 0.1) is 0 Å². The fourth-order valence-corrected chi connectivity index (χ4v) is 4.32. The van der Waals surface area contributed by atoms with Gasteiger partial charge in [0.15, 0.2) is 11.6 Å². The minimum absolute atomic E-state index is 0.0439. The van der Waals surface area contributed by atoms with Gasteiger partial charge in [0.2, 0.25) is 5.95 Å². The molecule has 184 valence electrons. The van der Waals surface area contributed by atoms with Crippen molar-refractivity contribution in [2.45, 2.75) is 4.90 Å². The van der Waals surface area contributed by atoms with Gasteiger partial charge in [-0.2, -0.15) is 9.67 Å². The molecule has 1 amide bonds. The standard InChI is InChI=1S/C26H21N7O3S/c34-25(30-32-37(35,36)22-11-5-2-6-12-22)20-14-16-21(17-15-20)28-26-29-24(19-9-3-1-4-10-19)33(31-26)23-13-7-8-18-27-23/h1-18,32H,(H,28,31)(H,30,34). The minimum Gasteiger partial charge on any atom is -0.323 e. The van der Waals surface area contributed by atoms with Crippen molar-refractivity contribution in [1.82, 2.24) is 30.0 Å². The van der Waals surface area contributed by atoms with Crippen LogP contribution in [0.3, 0.4) is 0 Å². The predicted molar refractivity (Wildman–Crippen MR) is 139 cm³/mol. The number of carbonyl (C=O) groups excluding carboxylic acids is 1. The highest BCUT2D eigenvalue weighted by molar-refractivity contribution is 7.89. The number of anilines is 2. The zero-order valence-electron chi connectivity index (χ0n) is 19.3. The second-order valence-electron chi connectivity index (χ2n) is 7.80. The highest BCUT2D eigenvalue weighted by Crippen LogP contribution is 2.23. The zero-order valence-corrected chi connectivity index (χ0v) is 20.1. The van der Waals surface area contributed by atoms with Gasteiger partial charge in [-0.25, -0.2) is 13.4 Å². The molecule has 2 aromatic heterocycles. The quantitative estimate of drug-likeness (QED) is 0.271. The lowest BCUT2D eigenvalue weighted by Gasteiger charge is -2.09. The number of hydrazine groups is 1. The Morgan fingerprint density at radius 3 is 2.14 bits per heavy atom. The summed E-state index contributed by atoms with van der Waals surface area (Å²) in [6, 6.07) is 29.4. The van der Waals surface area contributed by atoms with E-state index >= 15 is 0 Å². The van der Waals surface area contributed by atoms with E-state index in [9.17, 15) is 13.2 Å². The number of benzene rings is 3. The second kappa shape index (κ2) is 10.4. The van der Waals surface area contributed by atoms with Crippen molar-refractivity contribution < 1.29 is 13.2 Å². The largest absolute Gasteiger partial charge is 0.323 e. The van der Waals surface area contributed by atoms with E-state index in [0.29, 0.717) is 23.3 Å². The van der Waals surface area contributed by atoms with Crippen LogP contribution in [-0.4, -0.2) is 34.1 Å². The zero-order chi connectivity index (χ0) is 25.7. The molecule has 3 N–H and O–H groups in total. The van der Waals surface area contributed by atoms with Gasteiger partial charge < -0.3 is 5.32 Å². The number of nitrogens with zero attached hydrogens (tertiary/aromatic N) is 4. The van der Waals surface area contributed by atoms with Crippen LogP contribution in [0.4, 0.5) is 11.6 Å². The van der Waals surface area contributed by atoms with Crippen LogP contribution in [0.2, 0.25) is 0 Å². The lowest BCUT2D eigenvalue weighted by molar-refractivity contribution is 0.0945. The van der Waals surface area contributed by atoms with Crippen molar-refractivity contribution in [1.29, 1.82) is 0 Å². The van der Waals surface area contributed by atoms with Gasteiger partial charge in [-0.1, -0.05) is 54.6 Å². The fraction of sp³-hybridized carbons (Fsp3) is 0. The summed E-state index contributed by atoms with van der Waals surface area (Å²) in [7, 11) is -3.88. The van der Waals surface area contributed by atoms with E-state index in [1.807, 2.05) is 48.5 Å². The first-order chi connectivity index (χ1) is 18.0. The molecular weight excluding hydrogens is 490 g/mol. The topological polar surface area (TPSA) is 131 Å². The molecule has 10 nitrogen and oxygen atoms in total. The summed E-state index contributed by atoms with van der Waals surface area (Å²) in [6.45, 7) is 0. The number of aromatic nitrogens is 4. The summed E-state index contributed by atoms with van der Waals surface area (Å²) >= 11 is 0. The van der Waals surface area contributed by atoms with Gasteiger partial charge in [-0.05, 0) is 48.5 Å². The molecule has 2 heterocycles. The van der Waals surface area contributed by atoms with E-state index in [2.05, 4.69) is 30.6 Å². The number of hydrogen-bond acceptors (Lipinski definition) is 7. The summed E-state index contributed by atoms with van der Waals surface area (Å²) in [6.07, 6.45) is 1.68. The van der Waals surface area contributed by atoms with Crippen molar-refractivity contribution in [3.8, 4) is 17.2 Å².